The molecule has 102 valence electrons. The van der Waals surface area contributed by atoms with Gasteiger partial charge in [0.05, 0.1) is 5.92 Å². The van der Waals surface area contributed by atoms with Crippen molar-refractivity contribution in [3.05, 3.63) is 12.4 Å². The molecule has 0 spiro atoms. The van der Waals surface area contributed by atoms with Crippen molar-refractivity contribution in [3.63, 3.8) is 0 Å². The molecule has 0 aliphatic heterocycles. The highest BCUT2D eigenvalue weighted by Gasteiger charge is 2.34. The van der Waals surface area contributed by atoms with E-state index in [4.69, 9.17) is 5.11 Å². The third-order valence-corrected chi connectivity index (χ3v) is 3.96. The van der Waals surface area contributed by atoms with E-state index in [0.717, 1.165) is 11.6 Å². The minimum absolute atomic E-state index is 0.202. The molecule has 3 rings (SSSR count). The first kappa shape index (κ1) is 12.2. The van der Waals surface area contributed by atoms with Crippen LogP contribution < -0.4 is 10.6 Å². The van der Waals surface area contributed by atoms with Gasteiger partial charge < -0.3 is 15.7 Å². The average molecular weight is 262 g/mol. The van der Waals surface area contributed by atoms with Gasteiger partial charge in [-0.1, -0.05) is 0 Å². The molecule has 2 saturated carbocycles. The van der Waals surface area contributed by atoms with Crippen LogP contribution in [0.25, 0.3) is 0 Å². The van der Waals surface area contributed by atoms with E-state index >= 15 is 0 Å². The molecule has 0 amide bonds. The largest absolute Gasteiger partial charge is 0.481 e. The van der Waals surface area contributed by atoms with Crippen LogP contribution in [0.1, 0.15) is 32.1 Å². The summed E-state index contributed by atoms with van der Waals surface area (Å²) in [6.45, 7) is 0. The maximum absolute atomic E-state index is 10.7. The highest BCUT2D eigenvalue weighted by atomic mass is 16.4. The van der Waals surface area contributed by atoms with Crippen molar-refractivity contribution in [2.75, 3.05) is 10.6 Å². The maximum atomic E-state index is 10.7. The van der Waals surface area contributed by atoms with E-state index in [9.17, 15) is 4.79 Å². The van der Waals surface area contributed by atoms with Crippen molar-refractivity contribution < 1.29 is 9.90 Å². The van der Waals surface area contributed by atoms with Crippen molar-refractivity contribution >= 4 is 17.6 Å². The number of carboxylic acid groups (broad SMARTS) is 1. The summed E-state index contributed by atoms with van der Waals surface area (Å²) in [5.74, 6) is 0.710. The van der Waals surface area contributed by atoms with Crippen molar-refractivity contribution in [2.45, 2.75) is 44.2 Å². The fourth-order valence-electron chi connectivity index (χ4n) is 2.42. The Balaban J connectivity index is 1.53. The lowest BCUT2D eigenvalue weighted by Gasteiger charge is -2.33. The fourth-order valence-corrected chi connectivity index (χ4v) is 2.42. The zero-order valence-corrected chi connectivity index (χ0v) is 10.7. The molecule has 1 heterocycles. The number of carboxylic acids is 1. The average Bonchev–Trinajstić information content (AvgIpc) is 2.28. The first-order valence-electron chi connectivity index (χ1n) is 6.78. The van der Waals surface area contributed by atoms with E-state index in [1.54, 1.807) is 0 Å². The van der Waals surface area contributed by atoms with Gasteiger partial charge >= 0.3 is 5.97 Å². The third-order valence-electron chi connectivity index (χ3n) is 3.96. The van der Waals surface area contributed by atoms with E-state index in [-0.39, 0.29) is 12.0 Å². The molecule has 2 aliphatic carbocycles. The van der Waals surface area contributed by atoms with E-state index < -0.39 is 5.97 Å². The summed E-state index contributed by atoms with van der Waals surface area (Å²) in [7, 11) is 0. The standard InChI is InChI=1S/C13H18N4O2/c18-13(19)8-4-10(5-8)17-12-6-11(14-7-15-12)16-9-2-1-3-9/h6-10H,1-5H2,(H,18,19)(H2,14,15,16,17). The zero-order chi connectivity index (χ0) is 13.2. The SMILES string of the molecule is O=C(O)C1CC(Nc2cc(NC3CCC3)ncn2)C1. The predicted molar refractivity (Wildman–Crippen MR) is 71.1 cm³/mol. The summed E-state index contributed by atoms with van der Waals surface area (Å²) in [4.78, 5) is 19.1. The molecule has 19 heavy (non-hydrogen) atoms. The molecule has 2 aliphatic rings. The minimum Gasteiger partial charge on any atom is -0.481 e. The van der Waals surface area contributed by atoms with E-state index in [0.29, 0.717) is 18.9 Å². The number of carbonyl (C=O) groups is 1. The number of anilines is 2. The summed E-state index contributed by atoms with van der Waals surface area (Å²) in [5, 5.41) is 15.5. The number of aromatic nitrogens is 2. The maximum Gasteiger partial charge on any atom is 0.306 e. The highest BCUT2D eigenvalue weighted by molar-refractivity contribution is 5.71. The van der Waals surface area contributed by atoms with Crippen LogP contribution in [-0.2, 0) is 4.79 Å². The zero-order valence-electron chi connectivity index (χ0n) is 10.7. The van der Waals surface area contributed by atoms with Crippen molar-refractivity contribution in [2.24, 2.45) is 5.92 Å². The van der Waals surface area contributed by atoms with Crippen molar-refractivity contribution in [3.8, 4) is 0 Å². The number of nitrogens with one attached hydrogen (secondary N) is 2. The van der Waals surface area contributed by atoms with Gasteiger partial charge in [0.25, 0.3) is 0 Å². The van der Waals surface area contributed by atoms with Gasteiger partial charge in [0.1, 0.15) is 18.0 Å². The summed E-state index contributed by atoms with van der Waals surface area (Å²) in [6.07, 6.45) is 6.57. The van der Waals surface area contributed by atoms with Gasteiger partial charge in [-0.2, -0.15) is 0 Å². The molecule has 6 nitrogen and oxygen atoms in total. The molecule has 0 atom stereocenters. The monoisotopic (exact) mass is 262 g/mol. The van der Waals surface area contributed by atoms with Gasteiger partial charge in [0, 0.05) is 18.2 Å². The van der Waals surface area contributed by atoms with E-state index in [1.807, 2.05) is 6.07 Å². The molecule has 0 aromatic carbocycles. The van der Waals surface area contributed by atoms with Crippen LogP contribution in [0.2, 0.25) is 0 Å². The van der Waals surface area contributed by atoms with Crippen molar-refractivity contribution in [1.29, 1.82) is 0 Å². The number of hydrogen-bond acceptors (Lipinski definition) is 5. The second kappa shape index (κ2) is 5.03. The van der Waals surface area contributed by atoms with E-state index in [2.05, 4.69) is 20.6 Å². The highest BCUT2D eigenvalue weighted by Crippen LogP contribution is 2.30. The van der Waals surface area contributed by atoms with E-state index in [1.165, 1.54) is 25.6 Å². The quantitative estimate of drug-likeness (QED) is 0.749. The fraction of sp³-hybridized carbons (Fsp3) is 0.615. The Kier molecular flexibility index (Phi) is 3.23. The van der Waals surface area contributed by atoms with Crippen LogP contribution in [-0.4, -0.2) is 33.1 Å². The molecular weight excluding hydrogens is 244 g/mol. The summed E-state index contributed by atoms with van der Waals surface area (Å²) in [6, 6.07) is 2.65. The van der Waals surface area contributed by atoms with Gasteiger partial charge in [0.2, 0.25) is 0 Å². The lowest BCUT2D eigenvalue weighted by molar-refractivity contribution is -0.144. The molecule has 0 unspecified atom stereocenters. The second-order valence-electron chi connectivity index (χ2n) is 5.41. The Morgan fingerprint density at radius 2 is 1.79 bits per heavy atom. The van der Waals surface area contributed by atoms with Crippen molar-refractivity contribution in [1.82, 2.24) is 9.97 Å². The van der Waals surface area contributed by atoms with Crippen LogP contribution >= 0.6 is 0 Å². The number of rotatable bonds is 5. The van der Waals surface area contributed by atoms with Crippen LogP contribution in [0.15, 0.2) is 12.4 Å². The van der Waals surface area contributed by atoms with Crippen LogP contribution in [0.3, 0.4) is 0 Å². The molecule has 1 aromatic heterocycles. The summed E-state index contributed by atoms with van der Waals surface area (Å²) in [5.41, 5.74) is 0. The first-order chi connectivity index (χ1) is 9.20. The molecule has 2 fully saturated rings. The number of hydrogen-bond donors (Lipinski definition) is 3. The molecule has 6 heteroatoms. The summed E-state index contributed by atoms with van der Waals surface area (Å²) < 4.78 is 0. The predicted octanol–water partition coefficient (Wildman–Crippen LogP) is 1.72. The number of aliphatic carboxylic acids is 1. The molecule has 0 radical (unpaired) electrons. The molecular formula is C13H18N4O2. The molecule has 3 N–H and O–H groups in total. The van der Waals surface area contributed by atoms with Crippen LogP contribution in [0, 0.1) is 5.92 Å². The van der Waals surface area contributed by atoms with Gasteiger partial charge in [-0.05, 0) is 32.1 Å². The lowest BCUT2D eigenvalue weighted by atomic mass is 9.80. The van der Waals surface area contributed by atoms with Crippen LogP contribution in [0.4, 0.5) is 11.6 Å². The Hall–Kier alpha value is -1.85. The second-order valence-corrected chi connectivity index (χ2v) is 5.41. The molecule has 0 saturated heterocycles. The topological polar surface area (TPSA) is 87.1 Å². The van der Waals surface area contributed by atoms with Gasteiger partial charge in [-0.25, -0.2) is 9.97 Å². The van der Waals surface area contributed by atoms with Gasteiger partial charge in [0.15, 0.2) is 0 Å². The smallest absolute Gasteiger partial charge is 0.306 e. The Morgan fingerprint density at radius 3 is 2.32 bits per heavy atom. The molecule has 0 bridgehead atoms. The van der Waals surface area contributed by atoms with Gasteiger partial charge in [-0.3, -0.25) is 4.79 Å². The third kappa shape index (κ3) is 2.77. The number of nitrogens with zero attached hydrogens (tertiary/aromatic N) is 2. The molecule has 1 aromatic rings. The Morgan fingerprint density at radius 1 is 1.16 bits per heavy atom. The summed E-state index contributed by atoms with van der Waals surface area (Å²) >= 11 is 0. The van der Waals surface area contributed by atoms with Gasteiger partial charge in [-0.15, -0.1) is 0 Å². The minimum atomic E-state index is -0.701. The Bertz CT molecular complexity index is 469. The first-order valence-corrected chi connectivity index (χ1v) is 6.78. The normalized spacial score (nSPS) is 26.1. The van der Waals surface area contributed by atoms with Crippen LogP contribution in [0.5, 0.6) is 0 Å². The lowest BCUT2D eigenvalue weighted by Crippen LogP contribution is -2.39. The Labute approximate surface area is 111 Å².